The van der Waals surface area contributed by atoms with Crippen molar-refractivity contribution in [1.29, 1.82) is 0 Å². The molecular weight excluding hydrogens is 478 g/mol. The van der Waals surface area contributed by atoms with Crippen LogP contribution in [0.2, 0.25) is 0 Å². The molecule has 0 bridgehead atoms. The van der Waals surface area contributed by atoms with Crippen LogP contribution in [0.15, 0.2) is 29.3 Å². The average Bonchev–Trinajstić information content (AvgIpc) is 2.71. The van der Waals surface area contributed by atoms with Crippen LogP contribution in [0.5, 0.6) is 0 Å². The normalized spacial score (nSPS) is 18.0. The van der Waals surface area contributed by atoms with Crippen molar-refractivity contribution in [2.24, 2.45) is 11.1 Å². The summed E-state index contributed by atoms with van der Waals surface area (Å²) >= 11 is 0. The van der Waals surface area contributed by atoms with E-state index in [0.29, 0.717) is 12.2 Å². The number of anilines is 2. The van der Waals surface area contributed by atoms with Crippen molar-refractivity contribution in [2.75, 3.05) is 29.4 Å². The SMILES string of the molecule is CC(C)[C@@H]1CN(c2ccc(F)c(S(N)(=O)=O)c2)CCN1c1ncc(C(C)(C)O)c(C(F)(F)F)n1. The van der Waals surface area contributed by atoms with Gasteiger partial charge in [0.05, 0.1) is 11.6 Å². The molecule has 0 spiro atoms. The third-order valence-electron chi connectivity index (χ3n) is 5.74. The van der Waals surface area contributed by atoms with E-state index in [-0.39, 0.29) is 31.0 Å². The van der Waals surface area contributed by atoms with Gasteiger partial charge < -0.3 is 14.9 Å². The van der Waals surface area contributed by atoms with Crippen LogP contribution in [0, 0.1) is 11.7 Å². The third kappa shape index (κ3) is 5.41. The summed E-state index contributed by atoms with van der Waals surface area (Å²) < 4.78 is 78.5. The standard InChI is InChI=1S/C21H27F4N5O3S/c1-12(2)16-11-29(13-5-6-15(22)17(9-13)34(26,32)33)7-8-30(16)19-27-10-14(20(3,4)31)18(28-19)21(23,24)25/h5-6,9-10,12,16,31H,7-8,11H2,1-4H3,(H2,26,32,33)/t16-/m0/s1. The van der Waals surface area contributed by atoms with Crippen LogP contribution >= 0.6 is 0 Å². The first kappa shape index (κ1) is 26.1. The molecule has 2 aromatic rings. The van der Waals surface area contributed by atoms with Gasteiger partial charge in [-0.05, 0) is 38.0 Å². The highest BCUT2D eigenvalue weighted by atomic mass is 32.2. The topological polar surface area (TPSA) is 113 Å². The van der Waals surface area contributed by atoms with Crippen LogP contribution in [0.4, 0.5) is 29.2 Å². The Bertz CT molecular complexity index is 1170. The second-order valence-electron chi connectivity index (χ2n) is 9.10. The average molecular weight is 506 g/mol. The Labute approximate surface area is 195 Å². The van der Waals surface area contributed by atoms with E-state index in [0.717, 1.165) is 18.3 Å². The molecule has 1 fully saturated rings. The molecule has 0 unspecified atom stereocenters. The molecule has 1 aromatic carbocycles. The van der Waals surface area contributed by atoms with Gasteiger partial charge in [0.25, 0.3) is 0 Å². The number of aliphatic hydroxyl groups is 1. The molecule has 1 atom stereocenters. The first-order valence-corrected chi connectivity index (χ1v) is 12.1. The van der Waals surface area contributed by atoms with Gasteiger partial charge in [-0.25, -0.2) is 27.9 Å². The lowest BCUT2D eigenvalue weighted by Gasteiger charge is -2.44. The summed E-state index contributed by atoms with van der Waals surface area (Å²) in [6.45, 7) is 7.05. The minimum Gasteiger partial charge on any atom is -0.386 e. The molecule has 8 nitrogen and oxygen atoms in total. The predicted molar refractivity (Wildman–Crippen MR) is 118 cm³/mol. The summed E-state index contributed by atoms with van der Waals surface area (Å²) in [5, 5.41) is 15.3. The summed E-state index contributed by atoms with van der Waals surface area (Å²) in [6.07, 6.45) is -3.80. The zero-order valence-corrected chi connectivity index (χ0v) is 20.0. The molecule has 1 aliphatic heterocycles. The Balaban J connectivity index is 1.97. The molecule has 188 valence electrons. The van der Waals surface area contributed by atoms with E-state index in [1.165, 1.54) is 19.9 Å². The molecule has 3 N–H and O–H groups in total. The summed E-state index contributed by atoms with van der Waals surface area (Å²) in [4.78, 5) is 10.8. The van der Waals surface area contributed by atoms with Gasteiger partial charge in [-0.1, -0.05) is 13.8 Å². The number of rotatable bonds is 5. The summed E-state index contributed by atoms with van der Waals surface area (Å²) in [5.41, 5.74) is -3.00. The van der Waals surface area contributed by atoms with Crippen molar-refractivity contribution < 1.29 is 31.1 Å². The van der Waals surface area contributed by atoms with E-state index >= 15 is 0 Å². The number of alkyl halides is 3. The van der Waals surface area contributed by atoms with E-state index in [1.807, 2.05) is 18.7 Å². The van der Waals surface area contributed by atoms with Gasteiger partial charge in [0.15, 0.2) is 5.69 Å². The van der Waals surface area contributed by atoms with Crippen molar-refractivity contribution in [3.63, 3.8) is 0 Å². The smallest absolute Gasteiger partial charge is 0.386 e. The Kier molecular flexibility index (Phi) is 6.86. The highest BCUT2D eigenvalue weighted by Crippen LogP contribution is 2.37. The summed E-state index contributed by atoms with van der Waals surface area (Å²) in [7, 11) is -4.27. The van der Waals surface area contributed by atoms with E-state index in [4.69, 9.17) is 5.14 Å². The molecule has 1 aromatic heterocycles. The van der Waals surface area contributed by atoms with Crippen LogP contribution in [0.25, 0.3) is 0 Å². The number of piperazine rings is 1. The Morgan fingerprint density at radius 2 is 1.85 bits per heavy atom. The number of sulfonamides is 1. The monoisotopic (exact) mass is 505 g/mol. The molecule has 0 amide bonds. The molecule has 2 heterocycles. The fourth-order valence-electron chi connectivity index (χ4n) is 3.94. The number of benzene rings is 1. The summed E-state index contributed by atoms with van der Waals surface area (Å²) in [5.74, 6) is -1.14. The Morgan fingerprint density at radius 1 is 1.21 bits per heavy atom. The maximum atomic E-state index is 14.0. The molecular formula is C21H27F4N5O3S. The van der Waals surface area contributed by atoms with Crippen LogP contribution < -0.4 is 14.9 Å². The minimum absolute atomic E-state index is 0.0483. The summed E-state index contributed by atoms with van der Waals surface area (Å²) in [6, 6.07) is 3.24. The molecule has 34 heavy (non-hydrogen) atoms. The lowest BCUT2D eigenvalue weighted by molar-refractivity contribution is -0.144. The Morgan fingerprint density at radius 3 is 2.38 bits per heavy atom. The lowest BCUT2D eigenvalue weighted by atomic mass is 9.97. The maximum absolute atomic E-state index is 14.0. The highest BCUT2D eigenvalue weighted by molar-refractivity contribution is 7.89. The number of hydrogen-bond donors (Lipinski definition) is 2. The van der Waals surface area contributed by atoms with Crippen molar-refractivity contribution in [1.82, 2.24) is 9.97 Å². The second kappa shape index (κ2) is 8.93. The zero-order valence-electron chi connectivity index (χ0n) is 19.1. The Hall–Kier alpha value is -2.51. The largest absolute Gasteiger partial charge is 0.433 e. The van der Waals surface area contributed by atoms with Crippen LogP contribution in [0.1, 0.15) is 39.0 Å². The number of hydrogen-bond acceptors (Lipinski definition) is 7. The molecule has 1 aliphatic rings. The fraction of sp³-hybridized carbons (Fsp3) is 0.524. The third-order valence-corrected chi connectivity index (χ3v) is 6.66. The van der Waals surface area contributed by atoms with Gasteiger partial charge in [0, 0.05) is 37.1 Å². The van der Waals surface area contributed by atoms with E-state index in [9.17, 15) is 31.1 Å². The first-order valence-electron chi connectivity index (χ1n) is 10.5. The first-order chi connectivity index (χ1) is 15.5. The van der Waals surface area contributed by atoms with Crippen LogP contribution in [-0.2, 0) is 21.8 Å². The van der Waals surface area contributed by atoms with Gasteiger partial charge in [0.1, 0.15) is 10.7 Å². The van der Waals surface area contributed by atoms with Crippen molar-refractivity contribution in [2.45, 2.75) is 50.4 Å². The predicted octanol–water partition coefficient (Wildman–Crippen LogP) is 2.86. The zero-order chi connectivity index (χ0) is 25.6. The van der Waals surface area contributed by atoms with E-state index in [2.05, 4.69) is 9.97 Å². The fourth-order valence-corrected chi connectivity index (χ4v) is 4.57. The van der Waals surface area contributed by atoms with Crippen molar-refractivity contribution in [3.05, 3.63) is 41.5 Å². The second-order valence-corrected chi connectivity index (χ2v) is 10.6. The van der Waals surface area contributed by atoms with Crippen LogP contribution in [-0.4, -0.2) is 49.2 Å². The van der Waals surface area contributed by atoms with Crippen molar-refractivity contribution in [3.8, 4) is 0 Å². The van der Waals surface area contributed by atoms with Gasteiger partial charge in [-0.2, -0.15) is 13.2 Å². The molecule has 3 rings (SSSR count). The minimum atomic E-state index is -4.79. The number of nitrogens with two attached hydrogens (primary N) is 1. The number of nitrogens with zero attached hydrogens (tertiary/aromatic N) is 4. The van der Waals surface area contributed by atoms with E-state index < -0.39 is 43.8 Å². The van der Waals surface area contributed by atoms with Crippen molar-refractivity contribution >= 4 is 21.7 Å². The molecule has 0 radical (unpaired) electrons. The van der Waals surface area contributed by atoms with Gasteiger partial charge >= 0.3 is 6.18 Å². The van der Waals surface area contributed by atoms with Crippen LogP contribution in [0.3, 0.4) is 0 Å². The van der Waals surface area contributed by atoms with Gasteiger partial charge in [-0.15, -0.1) is 0 Å². The van der Waals surface area contributed by atoms with E-state index in [1.54, 1.807) is 4.90 Å². The lowest BCUT2D eigenvalue weighted by Crippen LogP contribution is -2.56. The van der Waals surface area contributed by atoms with Gasteiger partial charge in [-0.3, -0.25) is 0 Å². The maximum Gasteiger partial charge on any atom is 0.433 e. The molecule has 13 heteroatoms. The molecule has 1 saturated heterocycles. The number of aromatic nitrogens is 2. The number of halogens is 4. The van der Waals surface area contributed by atoms with Gasteiger partial charge in [0.2, 0.25) is 16.0 Å². The quantitative estimate of drug-likeness (QED) is 0.601. The number of primary sulfonamides is 1. The molecule has 0 aliphatic carbocycles. The molecule has 0 saturated carbocycles. The highest BCUT2D eigenvalue weighted by Gasteiger charge is 2.41.